The molecule has 60 valence electrons. The quantitative estimate of drug-likeness (QED) is 0.415. The molecule has 1 aliphatic rings. The van der Waals surface area contributed by atoms with Crippen LogP contribution in [0.4, 0.5) is 0 Å². The Hall–Kier alpha value is -0.160. The van der Waals surface area contributed by atoms with Crippen molar-refractivity contribution in [3.8, 4) is 0 Å². The number of hydrogen-bond acceptors (Lipinski definition) is 4. The lowest BCUT2D eigenvalue weighted by atomic mass is 10.0. The molecule has 1 fully saturated rings. The number of aliphatic hydroxyl groups excluding tert-OH is 2. The molecule has 0 aliphatic carbocycles. The van der Waals surface area contributed by atoms with Gasteiger partial charge in [-0.1, -0.05) is 0 Å². The third-order valence-corrected chi connectivity index (χ3v) is 1.78. The molecule has 0 spiro atoms. The Balaban J connectivity index is 2.42. The van der Waals surface area contributed by atoms with Gasteiger partial charge in [-0.05, 0) is 0 Å². The molecule has 1 rings (SSSR count). The van der Waals surface area contributed by atoms with Crippen molar-refractivity contribution in [2.24, 2.45) is 0 Å². The van der Waals surface area contributed by atoms with E-state index in [-0.39, 0.29) is 6.10 Å². The molecule has 1 aliphatic heterocycles. The summed E-state index contributed by atoms with van der Waals surface area (Å²) in [6.07, 6.45) is -1.71. The van der Waals surface area contributed by atoms with E-state index in [1.165, 1.54) is 7.11 Å². The first-order valence-corrected chi connectivity index (χ1v) is 3.35. The molecule has 0 aromatic rings. The van der Waals surface area contributed by atoms with Gasteiger partial charge in [0.05, 0.1) is 12.2 Å². The number of piperidine rings is 1. The summed E-state index contributed by atoms with van der Waals surface area (Å²) in [6.45, 7) is 1.05. The summed E-state index contributed by atoms with van der Waals surface area (Å²) in [5.41, 5.74) is 0. The molecule has 0 aromatic carbocycles. The third kappa shape index (κ3) is 1.46. The molecule has 0 radical (unpaired) electrons. The first kappa shape index (κ1) is 7.94. The molecular formula is C6H13NO3. The fourth-order valence-corrected chi connectivity index (χ4v) is 1.09. The zero-order valence-electron chi connectivity index (χ0n) is 5.95. The number of methoxy groups -OCH3 is 1. The van der Waals surface area contributed by atoms with Gasteiger partial charge in [0.1, 0.15) is 6.10 Å². The molecule has 0 unspecified atom stereocenters. The first-order chi connectivity index (χ1) is 4.75. The van der Waals surface area contributed by atoms with E-state index in [0.29, 0.717) is 13.1 Å². The predicted molar refractivity (Wildman–Crippen MR) is 35.7 cm³/mol. The molecule has 3 atom stereocenters. The van der Waals surface area contributed by atoms with Gasteiger partial charge < -0.3 is 20.3 Å². The number of hydrogen-bond donors (Lipinski definition) is 3. The highest BCUT2D eigenvalue weighted by Crippen LogP contribution is 2.06. The zero-order valence-corrected chi connectivity index (χ0v) is 5.95. The summed E-state index contributed by atoms with van der Waals surface area (Å²) in [5, 5.41) is 21.2. The van der Waals surface area contributed by atoms with Crippen LogP contribution in [0.1, 0.15) is 0 Å². The molecule has 4 nitrogen and oxygen atoms in total. The van der Waals surface area contributed by atoms with E-state index in [4.69, 9.17) is 9.84 Å². The van der Waals surface area contributed by atoms with E-state index in [9.17, 15) is 5.11 Å². The van der Waals surface area contributed by atoms with E-state index in [2.05, 4.69) is 5.32 Å². The minimum Gasteiger partial charge on any atom is -0.389 e. The van der Waals surface area contributed by atoms with E-state index in [1.807, 2.05) is 0 Å². The van der Waals surface area contributed by atoms with Crippen LogP contribution in [0.15, 0.2) is 0 Å². The van der Waals surface area contributed by atoms with Crippen molar-refractivity contribution in [3.63, 3.8) is 0 Å². The Bertz CT molecular complexity index is 109. The molecule has 10 heavy (non-hydrogen) atoms. The van der Waals surface area contributed by atoms with Crippen molar-refractivity contribution in [1.82, 2.24) is 5.32 Å². The smallest absolute Gasteiger partial charge is 0.108 e. The summed E-state index contributed by atoms with van der Waals surface area (Å²) in [5.74, 6) is 0. The highest BCUT2D eigenvalue weighted by molar-refractivity contribution is 4.84. The lowest BCUT2D eigenvalue weighted by Gasteiger charge is -2.31. The maximum Gasteiger partial charge on any atom is 0.108 e. The van der Waals surface area contributed by atoms with E-state index in [0.717, 1.165) is 0 Å². The molecule has 1 heterocycles. The van der Waals surface area contributed by atoms with Crippen LogP contribution in [0.3, 0.4) is 0 Å². The Labute approximate surface area is 59.8 Å². The van der Waals surface area contributed by atoms with E-state index >= 15 is 0 Å². The number of aliphatic hydroxyl groups is 2. The fraction of sp³-hybridized carbons (Fsp3) is 1.00. The van der Waals surface area contributed by atoms with Crippen molar-refractivity contribution in [2.75, 3.05) is 20.2 Å². The second-order valence-corrected chi connectivity index (χ2v) is 2.49. The summed E-state index contributed by atoms with van der Waals surface area (Å²) >= 11 is 0. The average Bonchev–Trinajstić information content (AvgIpc) is 1.95. The van der Waals surface area contributed by atoms with Gasteiger partial charge >= 0.3 is 0 Å². The van der Waals surface area contributed by atoms with Crippen molar-refractivity contribution in [1.29, 1.82) is 0 Å². The number of rotatable bonds is 1. The molecule has 0 amide bonds. The summed E-state index contributed by atoms with van der Waals surface area (Å²) < 4.78 is 4.90. The molecule has 0 aromatic heterocycles. The van der Waals surface area contributed by atoms with Gasteiger partial charge in [-0.25, -0.2) is 0 Å². The Morgan fingerprint density at radius 1 is 1.40 bits per heavy atom. The molecule has 4 heteroatoms. The standard InChI is InChI=1S/C6H13NO3/c1-10-5-3-7-2-4(8)6(5)9/h4-9H,2-3H2,1H3/t4-,5+,6-/m0/s1. The highest BCUT2D eigenvalue weighted by atomic mass is 16.5. The molecule has 0 saturated carbocycles. The van der Waals surface area contributed by atoms with Crippen LogP contribution in [-0.2, 0) is 4.74 Å². The molecule has 0 bridgehead atoms. The largest absolute Gasteiger partial charge is 0.389 e. The third-order valence-electron chi connectivity index (χ3n) is 1.78. The summed E-state index contributed by atoms with van der Waals surface area (Å²) in [7, 11) is 1.52. The number of ether oxygens (including phenoxy) is 1. The lowest BCUT2D eigenvalue weighted by Crippen LogP contribution is -2.54. The first-order valence-electron chi connectivity index (χ1n) is 3.35. The zero-order chi connectivity index (χ0) is 7.56. The average molecular weight is 147 g/mol. The van der Waals surface area contributed by atoms with Crippen LogP contribution < -0.4 is 5.32 Å². The van der Waals surface area contributed by atoms with Crippen LogP contribution in [-0.4, -0.2) is 48.7 Å². The molecule has 1 saturated heterocycles. The van der Waals surface area contributed by atoms with Gasteiger partial charge in [0.15, 0.2) is 0 Å². The highest BCUT2D eigenvalue weighted by Gasteiger charge is 2.29. The van der Waals surface area contributed by atoms with Crippen LogP contribution in [0.2, 0.25) is 0 Å². The van der Waals surface area contributed by atoms with Gasteiger partial charge in [-0.15, -0.1) is 0 Å². The van der Waals surface area contributed by atoms with Crippen molar-refractivity contribution in [2.45, 2.75) is 18.3 Å². The number of β-amino-alcohol motifs (C(OH)–C–C–N with tert-alkyl or cyclic N) is 1. The van der Waals surface area contributed by atoms with Crippen LogP contribution >= 0.6 is 0 Å². The van der Waals surface area contributed by atoms with E-state index < -0.39 is 12.2 Å². The lowest BCUT2D eigenvalue weighted by molar-refractivity contribution is -0.0902. The van der Waals surface area contributed by atoms with Crippen molar-refractivity contribution < 1.29 is 14.9 Å². The maximum absolute atomic E-state index is 9.22. The van der Waals surface area contributed by atoms with Crippen LogP contribution in [0.5, 0.6) is 0 Å². The number of nitrogens with one attached hydrogen (secondary N) is 1. The molecule has 3 N–H and O–H groups in total. The van der Waals surface area contributed by atoms with Crippen LogP contribution in [0.25, 0.3) is 0 Å². The minimum absolute atomic E-state index is 0.274. The van der Waals surface area contributed by atoms with Crippen molar-refractivity contribution >= 4 is 0 Å². The van der Waals surface area contributed by atoms with E-state index in [1.54, 1.807) is 0 Å². The maximum atomic E-state index is 9.22. The van der Waals surface area contributed by atoms with Gasteiger partial charge in [-0.2, -0.15) is 0 Å². The SMILES string of the molecule is CO[C@@H]1CNC[C@H](O)[C@@H]1O. The fourth-order valence-electron chi connectivity index (χ4n) is 1.09. The van der Waals surface area contributed by atoms with Gasteiger partial charge in [0.2, 0.25) is 0 Å². The Morgan fingerprint density at radius 3 is 2.60 bits per heavy atom. The Kier molecular flexibility index (Phi) is 2.62. The topological polar surface area (TPSA) is 61.7 Å². The van der Waals surface area contributed by atoms with Crippen molar-refractivity contribution in [3.05, 3.63) is 0 Å². The van der Waals surface area contributed by atoms with Gasteiger partial charge in [-0.3, -0.25) is 0 Å². The molecular weight excluding hydrogens is 134 g/mol. The summed E-state index contributed by atoms with van der Waals surface area (Å²) in [4.78, 5) is 0. The second-order valence-electron chi connectivity index (χ2n) is 2.49. The minimum atomic E-state index is -0.744. The van der Waals surface area contributed by atoms with Gasteiger partial charge in [0.25, 0.3) is 0 Å². The van der Waals surface area contributed by atoms with Crippen LogP contribution in [0, 0.1) is 0 Å². The monoisotopic (exact) mass is 147 g/mol. The summed E-state index contributed by atoms with van der Waals surface area (Å²) in [6, 6.07) is 0. The normalized spacial score (nSPS) is 41.7. The Morgan fingerprint density at radius 2 is 2.10 bits per heavy atom. The second kappa shape index (κ2) is 3.30. The van der Waals surface area contributed by atoms with Gasteiger partial charge in [0, 0.05) is 20.2 Å². The predicted octanol–water partition coefficient (Wildman–Crippen LogP) is -1.67.